The first kappa shape index (κ1) is 16.0. The van der Waals surface area contributed by atoms with Crippen molar-refractivity contribution in [2.45, 2.75) is 6.42 Å². The van der Waals surface area contributed by atoms with Crippen LogP contribution in [0.5, 0.6) is 5.75 Å². The molecule has 0 bridgehead atoms. The molecule has 0 saturated carbocycles. The topological polar surface area (TPSA) is 76.1 Å². The first-order valence-electron chi connectivity index (χ1n) is 7.03. The predicted octanol–water partition coefficient (Wildman–Crippen LogP) is 1.19. The summed E-state index contributed by atoms with van der Waals surface area (Å²) in [5.74, 6) is -0.514. The Morgan fingerprint density at radius 1 is 1.45 bits per heavy atom. The molecule has 1 aromatic carbocycles. The molecule has 0 radical (unpaired) electrons. The average Bonchev–Trinajstić information content (AvgIpc) is 2.96. The van der Waals surface area contributed by atoms with Gasteiger partial charge in [-0.15, -0.1) is 0 Å². The Balaban J connectivity index is 2.02. The maximum Gasteiger partial charge on any atom is 0.323 e. The third-order valence-electron chi connectivity index (χ3n) is 3.33. The third-order valence-corrected chi connectivity index (χ3v) is 3.33. The molecule has 0 unspecified atom stereocenters. The minimum atomic E-state index is -1.05. The van der Waals surface area contributed by atoms with Gasteiger partial charge in [0.2, 0.25) is 5.91 Å². The molecular formula is C16H19NO5. The van der Waals surface area contributed by atoms with E-state index in [1.165, 1.54) is 18.1 Å². The zero-order valence-corrected chi connectivity index (χ0v) is 12.4. The van der Waals surface area contributed by atoms with E-state index in [2.05, 4.69) is 0 Å². The van der Waals surface area contributed by atoms with Crippen LogP contribution >= 0.6 is 0 Å². The molecular weight excluding hydrogens is 286 g/mol. The van der Waals surface area contributed by atoms with Crippen LogP contribution in [-0.2, 0) is 20.7 Å². The van der Waals surface area contributed by atoms with Crippen molar-refractivity contribution in [1.82, 2.24) is 4.90 Å². The van der Waals surface area contributed by atoms with Crippen molar-refractivity contribution in [1.29, 1.82) is 0 Å². The zero-order valence-electron chi connectivity index (χ0n) is 12.4. The number of hydrogen-bond acceptors (Lipinski definition) is 4. The summed E-state index contributed by atoms with van der Waals surface area (Å²) in [6.07, 6.45) is 3.93. The predicted molar refractivity (Wildman–Crippen MR) is 80.8 cm³/mol. The summed E-state index contributed by atoms with van der Waals surface area (Å²) in [4.78, 5) is 24.1. The van der Waals surface area contributed by atoms with E-state index in [-0.39, 0.29) is 19.0 Å². The van der Waals surface area contributed by atoms with Crippen LogP contribution in [0, 0.1) is 0 Å². The largest absolute Gasteiger partial charge is 0.493 e. The van der Waals surface area contributed by atoms with Crippen molar-refractivity contribution < 1.29 is 24.2 Å². The van der Waals surface area contributed by atoms with E-state index in [0.29, 0.717) is 13.2 Å². The van der Waals surface area contributed by atoms with Gasteiger partial charge in [0, 0.05) is 26.2 Å². The molecule has 1 aromatic rings. The maximum absolute atomic E-state index is 12.1. The lowest BCUT2D eigenvalue weighted by Gasteiger charge is -2.18. The molecule has 1 amide bonds. The fourth-order valence-electron chi connectivity index (χ4n) is 2.22. The number of carbonyl (C=O) groups is 2. The van der Waals surface area contributed by atoms with E-state index in [0.717, 1.165) is 23.3 Å². The molecule has 6 nitrogen and oxygen atoms in total. The number of rotatable bonds is 7. The van der Waals surface area contributed by atoms with E-state index >= 15 is 0 Å². The van der Waals surface area contributed by atoms with Crippen LogP contribution in [0.15, 0.2) is 24.3 Å². The number of methoxy groups -OCH3 is 1. The molecule has 1 N–H and O–H groups in total. The van der Waals surface area contributed by atoms with E-state index in [9.17, 15) is 9.59 Å². The van der Waals surface area contributed by atoms with Crippen molar-refractivity contribution in [3.8, 4) is 5.75 Å². The molecule has 0 spiro atoms. The number of nitrogens with zero attached hydrogens (tertiary/aromatic N) is 1. The number of hydrogen-bond donors (Lipinski definition) is 1. The van der Waals surface area contributed by atoms with Crippen LogP contribution in [0.2, 0.25) is 0 Å². The van der Waals surface area contributed by atoms with E-state index in [4.69, 9.17) is 14.6 Å². The van der Waals surface area contributed by atoms with Crippen molar-refractivity contribution >= 4 is 18.0 Å². The Kier molecular flexibility index (Phi) is 5.55. The van der Waals surface area contributed by atoms with Gasteiger partial charge in [0.25, 0.3) is 0 Å². The van der Waals surface area contributed by atoms with E-state index in [1.54, 1.807) is 6.08 Å². The molecule has 1 aliphatic heterocycles. The van der Waals surface area contributed by atoms with Crippen molar-refractivity contribution in [3.63, 3.8) is 0 Å². The lowest BCUT2D eigenvalue weighted by Crippen LogP contribution is -2.36. The standard InChI is InChI=1S/C16H19NO5/c1-21-9-7-17(11-16(19)20)15(18)5-3-12-2-4-14-13(10-12)6-8-22-14/h2-5,10H,6-9,11H2,1H3,(H,19,20). The summed E-state index contributed by atoms with van der Waals surface area (Å²) < 4.78 is 10.3. The zero-order chi connectivity index (χ0) is 15.9. The van der Waals surface area contributed by atoms with Gasteiger partial charge in [0.1, 0.15) is 12.3 Å². The molecule has 118 valence electrons. The summed E-state index contributed by atoms with van der Waals surface area (Å²) in [6, 6.07) is 5.72. The summed E-state index contributed by atoms with van der Waals surface area (Å²) in [6.45, 7) is 0.877. The second-order valence-corrected chi connectivity index (χ2v) is 4.95. The number of fused-ring (bicyclic) bond motifs is 1. The first-order chi connectivity index (χ1) is 10.6. The molecule has 0 atom stereocenters. The Hall–Kier alpha value is -2.34. The van der Waals surface area contributed by atoms with Crippen molar-refractivity contribution in [3.05, 3.63) is 35.4 Å². The van der Waals surface area contributed by atoms with Gasteiger partial charge in [-0.25, -0.2) is 0 Å². The van der Waals surface area contributed by atoms with Crippen LogP contribution in [0.25, 0.3) is 6.08 Å². The Bertz CT molecular complexity index is 582. The van der Waals surface area contributed by atoms with E-state index in [1.807, 2.05) is 18.2 Å². The second kappa shape index (κ2) is 7.61. The number of benzene rings is 1. The summed E-state index contributed by atoms with van der Waals surface area (Å²) in [7, 11) is 1.51. The smallest absolute Gasteiger partial charge is 0.323 e. The van der Waals surface area contributed by atoms with Crippen LogP contribution in [0.3, 0.4) is 0 Å². The van der Waals surface area contributed by atoms with Crippen molar-refractivity contribution in [2.24, 2.45) is 0 Å². The molecule has 0 aromatic heterocycles. The van der Waals surface area contributed by atoms with Crippen LogP contribution < -0.4 is 4.74 Å². The fraction of sp³-hybridized carbons (Fsp3) is 0.375. The van der Waals surface area contributed by atoms with Crippen LogP contribution in [0.4, 0.5) is 0 Å². The highest BCUT2D eigenvalue weighted by Crippen LogP contribution is 2.26. The molecule has 6 heteroatoms. The third kappa shape index (κ3) is 4.33. The number of carbonyl (C=O) groups excluding carboxylic acids is 1. The monoisotopic (exact) mass is 305 g/mol. The van der Waals surface area contributed by atoms with Gasteiger partial charge < -0.3 is 19.5 Å². The number of amides is 1. The summed E-state index contributed by atoms with van der Waals surface area (Å²) >= 11 is 0. The Labute approximate surface area is 128 Å². The average molecular weight is 305 g/mol. The van der Waals surface area contributed by atoms with Gasteiger partial charge in [-0.05, 0) is 29.3 Å². The van der Waals surface area contributed by atoms with Gasteiger partial charge in [-0.1, -0.05) is 6.07 Å². The number of aliphatic carboxylic acids is 1. The molecule has 1 aliphatic rings. The van der Waals surface area contributed by atoms with Crippen molar-refractivity contribution in [2.75, 3.05) is 33.4 Å². The molecule has 2 rings (SSSR count). The summed E-state index contributed by atoms with van der Waals surface area (Å²) in [5.41, 5.74) is 2.01. The molecule has 0 fully saturated rings. The van der Waals surface area contributed by atoms with Crippen LogP contribution in [-0.4, -0.2) is 55.3 Å². The van der Waals surface area contributed by atoms with Gasteiger partial charge in [-0.3, -0.25) is 9.59 Å². The minimum Gasteiger partial charge on any atom is -0.493 e. The van der Waals surface area contributed by atoms with Gasteiger partial charge in [-0.2, -0.15) is 0 Å². The van der Waals surface area contributed by atoms with Crippen LogP contribution in [0.1, 0.15) is 11.1 Å². The lowest BCUT2D eigenvalue weighted by atomic mass is 10.1. The SMILES string of the molecule is COCCN(CC(=O)O)C(=O)C=Cc1ccc2c(c1)CCO2. The number of carboxylic acid groups (broad SMARTS) is 1. The molecule has 1 heterocycles. The van der Waals surface area contributed by atoms with Gasteiger partial charge in [0.15, 0.2) is 0 Å². The quantitative estimate of drug-likeness (QED) is 0.766. The lowest BCUT2D eigenvalue weighted by molar-refractivity contribution is -0.143. The second-order valence-electron chi connectivity index (χ2n) is 4.95. The highest BCUT2D eigenvalue weighted by Gasteiger charge is 2.14. The first-order valence-corrected chi connectivity index (χ1v) is 7.03. The van der Waals surface area contributed by atoms with Gasteiger partial charge in [0.05, 0.1) is 13.2 Å². The molecule has 22 heavy (non-hydrogen) atoms. The van der Waals surface area contributed by atoms with Gasteiger partial charge >= 0.3 is 5.97 Å². The number of ether oxygens (including phenoxy) is 2. The summed E-state index contributed by atoms with van der Waals surface area (Å²) in [5, 5.41) is 8.85. The highest BCUT2D eigenvalue weighted by molar-refractivity contribution is 5.93. The Morgan fingerprint density at radius 3 is 3.00 bits per heavy atom. The molecule has 0 saturated heterocycles. The minimum absolute atomic E-state index is 0.240. The maximum atomic E-state index is 12.1. The highest BCUT2D eigenvalue weighted by atomic mass is 16.5. The number of carboxylic acids is 1. The molecule has 0 aliphatic carbocycles. The van der Waals surface area contributed by atoms with E-state index < -0.39 is 5.97 Å². The normalized spacial score (nSPS) is 13.0. The Morgan fingerprint density at radius 2 is 2.27 bits per heavy atom. The fourth-order valence-corrected chi connectivity index (χ4v) is 2.22.